The molecule has 0 aliphatic carbocycles. The zero-order chi connectivity index (χ0) is 10.7. The molecule has 1 aromatic rings. The molecule has 1 fully saturated rings. The summed E-state index contributed by atoms with van der Waals surface area (Å²) >= 11 is 0. The lowest BCUT2D eigenvalue weighted by molar-refractivity contribution is 0.1000. The molecule has 2 rings (SSSR count). The molecule has 80 valence electrons. The smallest absolute Gasteiger partial charge is 0.248 e. The van der Waals surface area contributed by atoms with Crippen molar-refractivity contribution in [1.29, 1.82) is 0 Å². The van der Waals surface area contributed by atoms with Crippen molar-refractivity contribution in [2.75, 3.05) is 13.1 Å². The number of nitrogens with two attached hydrogens (primary N) is 1. The minimum Gasteiger partial charge on any atom is -0.366 e. The van der Waals surface area contributed by atoms with Gasteiger partial charge in [0.05, 0.1) is 0 Å². The van der Waals surface area contributed by atoms with Gasteiger partial charge < -0.3 is 11.1 Å². The maximum atomic E-state index is 11.0. The van der Waals surface area contributed by atoms with Crippen molar-refractivity contribution in [3.8, 4) is 0 Å². The molecule has 15 heavy (non-hydrogen) atoms. The van der Waals surface area contributed by atoms with Crippen LogP contribution in [0.25, 0.3) is 0 Å². The molecule has 0 spiro atoms. The molecule has 0 bridgehead atoms. The summed E-state index contributed by atoms with van der Waals surface area (Å²) in [6.45, 7) is 2.20. The Balaban J connectivity index is 2.07. The van der Waals surface area contributed by atoms with Crippen molar-refractivity contribution >= 4 is 5.91 Å². The predicted molar refractivity (Wildman–Crippen MR) is 59.6 cm³/mol. The van der Waals surface area contributed by atoms with Gasteiger partial charge in [-0.25, -0.2) is 0 Å². The molecule has 3 heteroatoms. The van der Waals surface area contributed by atoms with E-state index in [1.54, 1.807) is 6.07 Å². The SMILES string of the molecule is NC(=O)c1cccc(CC2CCNC2)c1. The Morgan fingerprint density at radius 1 is 1.53 bits per heavy atom. The van der Waals surface area contributed by atoms with Gasteiger partial charge in [0.25, 0.3) is 0 Å². The molecule has 1 saturated heterocycles. The van der Waals surface area contributed by atoms with Gasteiger partial charge in [0.2, 0.25) is 5.91 Å². The number of hydrogen-bond donors (Lipinski definition) is 2. The Morgan fingerprint density at radius 2 is 2.40 bits per heavy atom. The molecule has 1 aliphatic rings. The van der Waals surface area contributed by atoms with Crippen molar-refractivity contribution in [1.82, 2.24) is 5.32 Å². The lowest BCUT2D eigenvalue weighted by Crippen LogP contribution is -2.13. The molecule has 1 amide bonds. The second-order valence-electron chi connectivity index (χ2n) is 4.13. The minimum absolute atomic E-state index is 0.346. The Bertz CT molecular complexity index is 356. The summed E-state index contributed by atoms with van der Waals surface area (Å²) in [7, 11) is 0. The number of carbonyl (C=O) groups excluding carboxylic acids is 1. The van der Waals surface area contributed by atoms with Crippen molar-refractivity contribution in [2.24, 2.45) is 11.7 Å². The van der Waals surface area contributed by atoms with E-state index in [2.05, 4.69) is 11.4 Å². The van der Waals surface area contributed by atoms with Crippen LogP contribution >= 0.6 is 0 Å². The Morgan fingerprint density at radius 3 is 3.07 bits per heavy atom. The average Bonchev–Trinajstić information content (AvgIpc) is 2.71. The standard InChI is InChI=1S/C12H16N2O/c13-12(15)11-3-1-2-9(7-11)6-10-4-5-14-8-10/h1-3,7,10,14H,4-6,8H2,(H2,13,15). The molecule has 3 nitrogen and oxygen atoms in total. The molecule has 1 heterocycles. The van der Waals surface area contributed by atoms with Gasteiger partial charge >= 0.3 is 0 Å². The fraction of sp³-hybridized carbons (Fsp3) is 0.417. The van der Waals surface area contributed by atoms with E-state index in [1.165, 1.54) is 12.0 Å². The van der Waals surface area contributed by atoms with Crippen LogP contribution in [0.15, 0.2) is 24.3 Å². The van der Waals surface area contributed by atoms with Gasteiger partial charge in [-0.15, -0.1) is 0 Å². The summed E-state index contributed by atoms with van der Waals surface area (Å²) in [6.07, 6.45) is 2.26. The number of primary amides is 1. The molecule has 1 atom stereocenters. The maximum Gasteiger partial charge on any atom is 0.248 e. The van der Waals surface area contributed by atoms with Gasteiger partial charge in [-0.2, -0.15) is 0 Å². The van der Waals surface area contributed by atoms with Crippen molar-refractivity contribution in [3.63, 3.8) is 0 Å². The van der Waals surface area contributed by atoms with Crippen LogP contribution in [-0.4, -0.2) is 19.0 Å². The number of amides is 1. The molecule has 0 aromatic heterocycles. The summed E-state index contributed by atoms with van der Waals surface area (Å²) in [5.41, 5.74) is 7.06. The molecule has 3 N–H and O–H groups in total. The lowest BCUT2D eigenvalue weighted by Gasteiger charge is -2.08. The fourth-order valence-corrected chi connectivity index (χ4v) is 2.07. The van der Waals surface area contributed by atoms with Crippen molar-refractivity contribution < 1.29 is 4.79 Å². The molecule has 0 radical (unpaired) electrons. The second kappa shape index (κ2) is 4.45. The van der Waals surface area contributed by atoms with Crippen LogP contribution in [0.4, 0.5) is 0 Å². The van der Waals surface area contributed by atoms with Gasteiger partial charge in [0.15, 0.2) is 0 Å². The first-order valence-electron chi connectivity index (χ1n) is 5.35. The number of nitrogens with one attached hydrogen (secondary N) is 1. The zero-order valence-corrected chi connectivity index (χ0v) is 8.70. The summed E-state index contributed by atoms with van der Waals surface area (Å²) in [5, 5.41) is 3.34. The third kappa shape index (κ3) is 2.57. The van der Waals surface area contributed by atoms with Gasteiger partial charge in [-0.05, 0) is 49.5 Å². The Labute approximate surface area is 89.7 Å². The topological polar surface area (TPSA) is 55.1 Å². The number of benzene rings is 1. The summed E-state index contributed by atoms with van der Waals surface area (Å²) in [6, 6.07) is 7.63. The number of rotatable bonds is 3. The van der Waals surface area contributed by atoms with Crippen LogP contribution < -0.4 is 11.1 Å². The van der Waals surface area contributed by atoms with Gasteiger partial charge in [-0.1, -0.05) is 12.1 Å². The fourth-order valence-electron chi connectivity index (χ4n) is 2.07. The third-order valence-corrected chi connectivity index (χ3v) is 2.90. The quantitative estimate of drug-likeness (QED) is 0.769. The molecule has 1 aliphatic heterocycles. The molecule has 1 aromatic carbocycles. The van der Waals surface area contributed by atoms with Crippen molar-refractivity contribution in [3.05, 3.63) is 35.4 Å². The van der Waals surface area contributed by atoms with Crippen LogP contribution in [0.3, 0.4) is 0 Å². The minimum atomic E-state index is -0.346. The summed E-state index contributed by atoms with van der Waals surface area (Å²) in [5.74, 6) is 0.356. The first-order valence-corrected chi connectivity index (χ1v) is 5.35. The van der Waals surface area contributed by atoms with Gasteiger partial charge in [0.1, 0.15) is 0 Å². The molecular formula is C12H16N2O. The van der Waals surface area contributed by atoms with Crippen LogP contribution in [-0.2, 0) is 6.42 Å². The normalized spacial score (nSPS) is 20.4. The van der Waals surface area contributed by atoms with Gasteiger partial charge in [-0.3, -0.25) is 4.79 Å². The highest BCUT2D eigenvalue weighted by Crippen LogP contribution is 2.15. The van der Waals surface area contributed by atoms with Crippen molar-refractivity contribution in [2.45, 2.75) is 12.8 Å². The first kappa shape index (κ1) is 10.2. The van der Waals surface area contributed by atoms with Crippen LogP contribution in [0.1, 0.15) is 22.3 Å². The number of carbonyl (C=O) groups is 1. The first-order chi connectivity index (χ1) is 7.25. The maximum absolute atomic E-state index is 11.0. The predicted octanol–water partition coefficient (Wildman–Crippen LogP) is 0.937. The van der Waals surface area contributed by atoms with E-state index < -0.39 is 0 Å². The summed E-state index contributed by atoms with van der Waals surface area (Å²) < 4.78 is 0. The van der Waals surface area contributed by atoms with E-state index in [0.29, 0.717) is 11.5 Å². The Kier molecular flexibility index (Phi) is 3.02. The Hall–Kier alpha value is -1.35. The van der Waals surface area contributed by atoms with E-state index in [-0.39, 0.29) is 5.91 Å². The van der Waals surface area contributed by atoms with E-state index >= 15 is 0 Å². The molecule has 0 saturated carbocycles. The molecule has 1 unspecified atom stereocenters. The lowest BCUT2D eigenvalue weighted by atomic mass is 9.97. The third-order valence-electron chi connectivity index (χ3n) is 2.90. The average molecular weight is 204 g/mol. The van der Waals surface area contributed by atoms with Crippen LogP contribution in [0, 0.1) is 5.92 Å². The largest absolute Gasteiger partial charge is 0.366 e. The van der Waals surface area contributed by atoms with E-state index in [0.717, 1.165) is 19.5 Å². The monoisotopic (exact) mass is 204 g/mol. The molecular weight excluding hydrogens is 188 g/mol. The summed E-state index contributed by atoms with van der Waals surface area (Å²) in [4.78, 5) is 11.0. The highest BCUT2D eigenvalue weighted by atomic mass is 16.1. The van der Waals surface area contributed by atoms with Gasteiger partial charge in [0, 0.05) is 5.56 Å². The second-order valence-corrected chi connectivity index (χ2v) is 4.13. The van der Waals surface area contributed by atoms with E-state index in [4.69, 9.17) is 5.73 Å². The highest BCUT2D eigenvalue weighted by Gasteiger charge is 2.15. The van der Waals surface area contributed by atoms with E-state index in [9.17, 15) is 4.79 Å². The van der Waals surface area contributed by atoms with Crippen LogP contribution in [0.5, 0.6) is 0 Å². The highest BCUT2D eigenvalue weighted by molar-refractivity contribution is 5.92. The number of hydrogen-bond acceptors (Lipinski definition) is 2. The van der Waals surface area contributed by atoms with Crippen LogP contribution in [0.2, 0.25) is 0 Å². The van der Waals surface area contributed by atoms with E-state index in [1.807, 2.05) is 12.1 Å². The zero-order valence-electron chi connectivity index (χ0n) is 8.70.